The van der Waals surface area contributed by atoms with Crippen LogP contribution >= 0.6 is 11.8 Å². The summed E-state index contributed by atoms with van der Waals surface area (Å²) >= 11 is 1.61. The highest BCUT2D eigenvalue weighted by atomic mass is 32.2. The Labute approximate surface area is 215 Å². The molecule has 5 nitrogen and oxygen atoms in total. The minimum Gasteiger partial charge on any atom is -0.453 e. The van der Waals surface area contributed by atoms with E-state index >= 15 is 0 Å². The van der Waals surface area contributed by atoms with E-state index in [2.05, 4.69) is 46.7 Å². The Morgan fingerprint density at radius 2 is 1.64 bits per heavy atom. The van der Waals surface area contributed by atoms with Gasteiger partial charge in [-0.15, -0.1) is 0 Å². The molecule has 0 radical (unpaired) electrons. The van der Waals surface area contributed by atoms with E-state index < -0.39 is 0 Å². The molecule has 0 unspecified atom stereocenters. The average Bonchev–Trinajstić information content (AvgIpc) is 3.16. The number of hydrogen-bond acceptors (Lipinski definition) is 6. The summed E-state index contributed by atoms with van der Waals surface area (Å²) in [5, 5.41) is 3.40. The first-order valence-electron chi connectivity index (χ1n) is 11.9. The van der Waals surface area contributed by atoms with Crippen LogP contribution < -0.4 is 10.1 Å². The first-order chi connectivity index (χ1) is 17.8. The highest BCUT2D eigenvalue weighted by Crippen LogP contribution is 2.35. The molecule has 0 fully saturated rings. The number of nitrogens with zero attached hydrogens (tertiary/aromatic N) is 3. The molecule has 1 aliphatic heterocycles. The molecule has 1 N–H and O–H groups in total. The highest BCUT2D eigenvalue weighted by Gasteiger charge is 2.12. The van der Waals surface area contributed by atoms with E-state index in [4.69, 9.17) is 14.7 Å². The van der Waals surface area contributed by atoms with Crippen molar-refractivity contribution in [1.29, 1.82) is 0 Å². The summed E-state index contributed by atoms with van der Waals surface area (Å²) in [5.41, 5.74) is 2.37. The molecular formula is C30H26N4OS. The molecule has 0 aliphatic carbocycles. The summed E-state index contributed by atoms with van der Waals surface area (Å²) in [6.07, 6.45) is 14.4. The fraction of sp³-hybridized carbons (Fsp3) is 0.100. The Hall–Kier alpha value is -4.16. The van der Waals surface area contributed by atoms with Gasteiger partial charge in [0.15, 0.2) is 11.6 Å². The number of aliphatic imine (C=N–C) groups is 1. The predicted molar refractivity (Wildman–Crippen MR) is 147 cm³/mol. The second kappa shape index (κ2) is 12.0. The van der Waals surface area contributed by atoms with E-state index in [-0.39, 0.29) is 0 Å². The molecule has 5 rings (SSSR count). The lowest BCUT2D eigenvalue weighted by atomic mass is 10.1. The molecule has 0 atom stereocenters. The molecular weight excluding hydrogens is 464 g/mol. The van der Waals surface area contributed by atoms with Crippen LogP contribution in [0.3, 0.4) is 0 Å². The molecule has 0 saturated carbocycles. The molecule has 0 bridgehead atoms. The zero-order chi connectivity index (χ0) is 24.4. The summed E-state index contributed by atoms with van der Waals surface area (Å²) < 4.78 is 6.25. The smallest absolute Gasteiger partial charge is 0.175 e. The van der Waals surface area contributed by atoms with Gasteiger partial charge in [0.2, 0.25) is 0 Å². The second-order valence-corrected chi connectivity index (χ2v) is 9.31. The third-order valence-corrected chi connectivity index (χ3v) is 6.44. The lowest BCUT2D eigenvalue weighted by Crippen LogP contribution is -2.11. The van der Waals surface area contributed by atoms with Gasteiger partial charge in [0, 0.05) is 40.1 Å². The zero-order valence-corrected chi connectivity index (χ0v) is 20.6. The number of allylic oxidation sites excluding steroid dienone is 3. The quantitative estimate of drug-likeness (QED) is 0.274. The number of benzene rings is 2. The number of rotatable bonds is 8. The van der Waals surface area contributed by atoms with Crippen molar-refractivity contribution in [3.63, 3.8) is 0 Å². The predicted octanol–water partition coefficient (Wildman–Crippen LogP) is 7.71. The SMILES string of the molecule is C1=CC(Nc2ncc(Sc3ccncc3)cc2Oc2ccccc2)=NC(CCc2ccccc2)=CC1. The van der Waals surface area contributed by atoms with E-state index in [0.29, 0.717) is 11.6 Å². The third kappa shape index (κ3) is 6.71. The Morgan fingerprint density at radius 1 is 0.861 bits per heavy atom. The summed E-state index contributed by atoms with van der Waals surface area (Å²) in [7, 11) is 0. The van der Waals surface area contributed by atoms with Crippen LogP contribution in [0.15, 0.2) is 136 Å². The number of pyridine rings is 2. The largest absolute Gasteiger partial charge is 0.453 e. The van der Waals surface area contributed by atoms with Crippen LogP contribution in [0.1, 0.15) is 18.4 Å². The van der Waals surface area contributed by atoms with Gasteiger partial charge in [0.1, 0.15) is 11.6 Å². The maximum absolute atomic E-state index is 6.25. The van der Waals surface area contributed by atoms with Crippen LogP contribution in [0.5, 0.6) is 11.5 Å². The van der Waals surface area contributed by atoms with Crippen molar-refractivity contribution in [2.45, 2.75) is 29.1 Å². The van der Waals surface area contributed by atoms with Crippen LogP contribution in [0.25, 0.3) is 0 Å². The van der Waals surface area contributed by atoms with Gasteiger partial charge < -0.3 is 10.1 Å². The van der Waals surface area contributed by atoms with Crippen LogP contribution in [0, 0.1) is 0 Å². The van der Waals surface area contributed by atoms with Crippen LogP contribution in [0.4, 0.5) is 5.82 Å². The number of nitrogens with one attached hydrogen (secondary N) is 1. The minimum atomic E-state index is 0.616. The molecule has 2 aromatic heterocycles. The fourth-order valence-electron chi connectivity index (χ4n) is 3.70. The van der Waals surface area contributed by atoms with Crippen molar-refractivity contribution >= 4 is 23.4 Å². The van der Waals surface area contributed by atoms with Gasteiger partial charge in [0.25, 0.3) is 0 Å². The van der Waals surface area contributed by atoms with E-state index in [1.54, 1.807) is 24.2 Å². The summed E-state index contributed by atoms with van der Waals surface area (Å²) in [6, 6.07) is 26.2. The van der Waals surface area contributed by atoms with E-state index in [9.17, 15) is 0 Å². The topological polar surface area (TPSA) is 59.4 Å². The molecule has 6 heteroatoms. The van der Waals surface area contributed by atoms with Crippen LogP contribution in [0.2, 0.25) is 0 Å². The summed E-state index contributed by atoms with van der Waals surface area (Å²) in [6.45, 7) is 0. The standard InChI is InChI=1S/C30H26N4OS/c1-3-9-23(10-4-1)15-16-24-11-7-8-14-29(33-24)34-30-28(35-25-12-5-2-6-13-25)21-27(22-32-30)36-26-17-19-31-20-18-26/h1-6,8-14,17-22H,7,15-16H2,(H,32,33,34). The highest BCUT2D eigenvalue weighted by molar-refractivity contribution is 7.99. The summed E-state index contributed by atoms with van der Waals surface area (Å²) in [5.74, 6) is 2.74. The maximum Gasteiger partial charge on any atom is 0.175 e. The number of hydrogen-bond donors (Lipinski definition) is 1. The van der Waals surface area contributed by atoms with E-state index in [0.717, 1.165) is 46.3 Å². The fourth-order valence-corrected chi connectivity index (χ4v) is 4.50. The Bertz CT molecular complexity index is 1370. The van der Waals surface area contributed by atoms with Crippen molar-refractivity contribution < 1.29 is 4.74 Å². The second-order valence-electron chi connectivity index (χ2n) is 8.16. The molecule has 0 saturated heterocycles. The first kappa shape index (κ1) is 23.6. The number of amidine groups is 1. The van der Waals surface area contributed by atoms with Gasteiger partial charge in [-0.1, -0.05) is 72.4 Å². The number of ether oxygens (including phenoxy) is 1. The maximum atomic E-state index is 6.25. The molecule has 1 aliphatic rings. The molecule has 2 aromatic carbocycles. The van der Waals surface area contributed by atoms with Crippen molar-refractivity contribution in [3.05, 3.63) is 127 Å². The lowest BCUT2D eigenvalue weighted by Gasteiger charge is -2.14. The Morgan fingerprint density at radius 3 is 2.44 bits per heavy atom. The zero-order valence-electron chi connectivity index (χ0n) is 19.7. The minimum absolute atomic E-state index is 0.616. The molecule has 178 valence electrons. The average molecular weight is 491 g/mol. The lowest BCUT2D eigenvalue weighted by molar-refractivity contribution is 0.481. The van der Waals surface area contributed by atoms with Gasteiger partial charge in [-0.3, -0.25) is 4.98 Å². The van der Waals surface area contributed by atoms with Crippen molar-refractivity contribution in [3.8, 4) is 11.5 Å². The Balaban J connectivity index is 1.37. The third-order valence-electron chi connectivity index (χ3n) is 5.47. The van der Waals surface area contributed by atoms with Gasteiger partial charge in [-0.2, -0.15) is 0 Å². The monoisotopic (exact) mass is 490 g/mol. The summed E-state index contributed by atoms with van der Waals surface area (Å²) in [4.78, 5) is 15.8. The van der Waals surface area contributed by atoms with Gasteiger partial charge in [-0.05, 0) is 55.2 Å². The molecule has 0 spiro atoms. The Kier molecular flexibility index (Phi) is 7.86. The van der Waals surface area contributed by atoms with Crippen LogP contribution in [-0.4, -0.2) is 15.8 Å². The van der Waals surface area contributed by atoms with Gasteiger partial charge in [0.05, 0.1) is 0 Å². The molecule has 4 aromatic rings. The first-order valence-corrected chi connectivity index (χ1v) is 12.7. The van der Waals surface area contributed by atoms with Crippen molar-refractivity contribution in [2.75, 3.05) is 5.32 Å². The van der Waals surface area contributed by atoms with Crippen molar-refractivity contribution in [2.24, 2.45) is 4.99 Å². The number of anilines is 1. The number of aromatic nitrogens is 2. The van der Waals surface area contributed by atoms with Crippen molar-refractivity contribution in [1.82, 2.24) is 9.97 Å². The van der Waals surface area contributed by atoms with Gasteiger partial charge >= 0.3 is 0 Å². The van der Waals surface area contributed by atoms with E-state index in [1.807, 2.05) is 66.9 Å². The van der Waals surface area contributed by atoms with Crippen LogP contribution in [-0.2, 0) is 6.42 Å². The van der Waals surface area contributed by atoms with E-state index in [1.165, 1.54) is 5.56 Å². The number of aryl methyl sites for hydroxylation is 1. The number of para-hydroxylation sites is 1. The van der Waals surface area contributed by atoms with Gasteiger partial charge in [-0.25, -0.2) is 9.98 Å². The molecule has 36 heavy (non-hydrogen) atoms. The molecule has 0 amide bonds. The normalized spacial score (nSPS) is 12.9. The molecule has 3 heterocycles.